The smallest absolute Gasteiger partial charge is 0.120 e. The predicted octanol–water partition coefficient (Wildman–Crippen LogP) is 2.75. The molecule has 3 heteroatoms. The van der Waals surface area contributed by atoms with Crippen molar-refractivity contribution in [3.8, 4) is 0 Å². The van der Waals surface area contributed by atoms with E-state index in [9.17, 15) is 0 Å². The second-order valence-corrected chi connectivity index (χ2v) is 4.41. The number of hydrogen-bond acceptors (Lipinski definition) is 3. The van der Waals surface area contributed by atoms with Crippen LogP contribution in [0.15, 0.2) is 22.8 Å². The minimum atomic E-state index is -0.0596. The van der Waals surface area contributed by atoms with E-state index in [1.54, 1.807) is 13.4 Å². The van der Waals surface area contributed by atoms with Crippen LogP contribution in [0.1, 0.15) is 39.0 Å². The van der Waals surface area contributed by atoms with Gasteiger partial charge in [0, 0.05) is 7.11 Å². The highest BCUT2D eigenvalue weighted by Gasteiger charge is 2.16. The maximum absolute atomic E-state index is 5.35. The average Bonchev–Trinajstić information content (AvgIpc) is 2.70. The van der Waals surface area contributed by atoms with Gasteiger partial charge in [0.1, 0.15) is 5.76 Å². The Hall–Kier alpha value is -0.800. The Morgan fingerprint density at radius 2 is 2.27 bits per heavy atom. The fourth-order valence-electron chi connectivity index (χ4n) is 1.33. The molecule has 1 atom stereocenters. The van der Waals surface area contributed by atoms with Gasteiger partial charge in [0.05, 0.1) is 17.9 Å². The molecule has 1 heterocycles. The lowest BCUT2D eigenvalue weighted by Crippen LogP contribution is -2.30. The summed E-state index contributed by atoms with van der Waals surface area (Å²) < 4.78 is 10.7. The van der Waals surface area contributed by atoms with E-state index in [1.807, 2.05) is 12.1 Å². The lowest BCUT2D eigenvalue weighted by Gasteiger charge is -2.23. The van der Waals surface area contributed by atoms with Crippen molar-refractivity contribution in [3.63, 3.8) is 0 Å². The molecular formula is C12H21NO2. The van der Waals surface area contributed by atoms with Crippen LogP contribution in [0, 0.1) is 0 Å². The zero-order valence-corrected chi connectivity index (χ0v) is 10.0. The first-order valence-corrected chi connectivity index (χ1v) is 5.37. The van der Waals surface area contributed by atoms with E-state index in [0.717, 1.165) is 18.7 Å². The SMILES string of the molecule is COC(C)(C)CCN[C@@H](C)c1ccco1. The van der Waals surface area contributed by atoms with Gasteiger partial charge in [-0.15, -0.1) is 0 Å². The Morgan fingerprint density at radius 1 is 1.53 bits per heavy atom. The van der Waals surface area contributed by atoms with E-state index >= 15 is 0 Å². The number of rotatable bonds is 6. The molecule has 1 rings (SSSR count). The first kappa shape index (κ1) is 12.3. The molecule has 0 radical (unpaired) electrons. The minimum Gasteiger partial charge on any atom is -0.468 e. The molecular weight excluding hydrogens is 190 g/mol. The van der Waals surface area contributed by atoms with Gasteiger partial charge in [-0.1, -0.05) is 0 Å². The second kappa shape index (κ2) is 5.33. The molecule has 0 aromatic carbocycles. The van der Waals surface area contributed by atoms with Crippen LogP contribution in [0.2, 0.25) is 0 Å². The third kappa shape index (κ3) is 4.06. The zero-order chi connectivity index (χ0) is 11.3. The van der Waals surface area contributed by atoms with E-state index in [1.165, 1.54) is 0 Å². The third-order valence-electron chi connectivity index (χ3n) is 2.70. The highest BCUT2D eigenvalue weighted by molar-refractivity contribution is 5.02. The van der Waals surface area contributed by atoms with Crippen molar-refractivity contribution in [2.24, 2.45) is 0 Å². The number of nitrogens with one attached hydrogen (secondary N) is 1. The molecule has 0 bridgehead atoms. The summed E-state index contributed by atoms with van der Waals surface area (Å²) in [7, 11) is 1.75. The Morgan fingerprint density at radius 3 is 2.80 bits per heavy atom. The summed E-state index contributed by atoms with van der Waals surface area (Å²) in [5, 5.41) is 3.40. The molecule has 1 N–H and O–H groups in total. The number of ether oxygens (including phenoxy) is 1. The molecule has 0 unspecified atom stereocenters. The number of hydrogen-bond donors (Lipinski definition) is 1. The van der Waals surface area contributed by atoms with Crippen LogP contribution in [-0.4, -0.2) is 19.3 Å². The van der Waals surface area contributed by atoms with Crippen LogP contribution in [0.25, 0.3) is 0 Å². The Labute approximate surface area is 91.8 Å². The fourth-order valence-corrected chi connectivity index (χ4v) is 1.33. The topological polar surface area (TPSA) is 34.4 Å². The summed E-state index contributed by atoms with van der Waals surface area (Å²) in [4.78, 5) is 0. The van der Waals surface area contributed by atoms with Gasteiger partial charge in [0.15, 0.2) is 0 Å². The maximum atomic E-state index is 5.35. The van der Waals surface area contributed by atoms with E-state index in [4.69, 9.17) is 9.15 Å². The van der Waals surface area contributed by atoms with E-state index in [-0.39, 0.29) is 11.6 Å². The van der Waals surface area contributed by atoms with Crippen molar-refractivity contribution in [1.82, 2.24) is 5.32 Å². The van der Waals surface area contributed by atoms with Crippen molar-refractivity contribution in [2.45, 2.75) is 38.8 Å². The Kier molecular flexibility index (Phi) is 4.36. The number of methoxy groups -OCH3 is 1. The van der Waals surface area contributed by atoms with Crippen LogP contribution in [-0.2, 0) is 4.74 Å². The van der Waals surface area contributed by atoms with Gasteiger partial charge < -0.3 is 14.5 Å². The van der Waals surface area contributed by atoms with Gasteiger partial charge in [-0.05, 0) is 45.9 Å². The molecule has 0 aliphatic carbocycles. The van der Waals surface area contributed by atoms with Gasteiger partial charge >= 0.3 is 0 Å². The molecule has 0 saturated carbocycles. The summed E-state index contributed by atoms with van der Waals surface area (Å²) in [6, 6.07) is 4.15. The largest absolute Gasteiger partial charge is 0.468 e. The van der Waals surface area contributed by atoms with E-state index in [0.29, 0.717) is 0 Å². The fraction of sp³-hybridized carbons (Fsp3) is 0.667. The lowest BCUT2D eigenvalue weighted by atomic mass is 10.1. The van der Waals surface area contributed by atoms with Crippen molar-refractivity contribution in [1.29, 1.82) is 0 Å². The average molecular weight is 211 g/mol. The summed E-state index contributed by atoms with van der Waals surface area (Å²) >= 11 is 0. The molecule has 0 fully saturated rings. The van der Waals surface area contributed by atoms with E-state index < -0.39 is 0 Å². The number of furan rings is 1. The molecule has 0 aliphatic rings. The monoisotopic (exact) mass is 211 g/mol. The molecule has 86 valence electrons. The van der Waals surface area contributed by atoms with Crippen molar-refractivity contribution >= 4 is 0 Å². The highest BCUT2D eigenvalue weighted by atomic mass is 16.5. The minimum absolute atomic E-state index is 0.0596. The molecule has 0 saturated heterocycles. The normalized spacial score (nSPS) is 14.1. The third-order valence-corrected chi connectivity index (χ3v) is 2.70. The maximum Gasteiger partial charge on any atom is 0.120 e. The molecule has 3 nitrogen and oxygen atoms in total. The predicted molar refractivity (Wildman–Crippen MR) is 60.8 cm³/mol. The lowest BCUT2D eigenvalue weighted by molar-refractivity contribution is 0.0153. The molecule has 1 aromatic heterocycles. The van der Waals surface area contributed by atoms with Gasteiger partial charge in [-0.2, -0.15) is 0 Å². The molecule has 1 aromatic rings. The summed E-state index contributed by atoms with van der Waals surface area (Å²) in [6.07, 6.45) is 2.68. The quantitative estimate of drug-likeness (QED) is 0.785. The van der Waals surface area contributed by atoms with Crippen LogP contribution in [0.4, 0.5) is 0 Å². The molecule has 0 aliphatic heterocycles. The van der Waals surface area contributed by atoms with Crippen molar-refractivity contribution < 1.29 is 9.15 Å². The summed E-state index contributed by atoms with van der Waals surface area (Å²) in [5.41, 5.74) is -0.0596. The second-order valence-electron chi connectivity index (χ2n) is 4.41. The van der Waals surface area contributed by atoms with Crippen molar-refractivity contribution in [3.05, 3.63) is 24.2 Å². The summed E-state index contributed by atoms with van der Waals surface area (Å²) in [6.45, 7) is 7.19. The Balaban J connectivity index is 2.26. The van der Waals surface area contributed by atoms with Gasteiger partial charge in [0.25, 0.3) is 0 Å². The first-order chi connectivity index (χ1) is 7.05. The van der Waals surface area contributed by atoms with Crippen molar-refractivity contribution in [2.75, 3.05) is 13.7 Å². The standard InChI is InChI=1S/C12H21NO2/c1-10(11-6-5-9-15-11)13-8-7-12(2,3)14-4/h5-6,9-10,13H,7-8H2,1-4H3/t10-/m0/s1. The van der Waals surface area contributed by atoms with Crippen LogP contribution in [0.5, 0.6) is 0 Å². The summed E-state index contributed by atoms with van der Waals surface area (Å²) in [5.74, 6) is 0.977. The first-order valence-electron chi connectivity index (χ1n) is 5.37. The van der Waals surface area contributed by atoms with Crippen LogP contribution < -0.4 is 5.32 Å². The van der Waals surface area contributed by atoms with Gasteiger partial charge in [-0.25, -0.2) is 0 Å². The van der Waals surface area contributed by atoms with Crippen LogP contribution in [0.3, 0.4) is 0 Å². The highest BCUT2D eigenvalue weighted by Crippen LogP contribution is 2.15. The van der Waals surface area contributed by atoms with Crippen LogP contribution >= 0.6 is 0 Å². The Bertz CT molecular complexity index is 267. The van der Waals surface area contributed by atoms with E-state index in [2.05, 4.69) is 26.1 Å². The van der Waals surface area contributed by atoms with Gasteiger partial charge in [0.2, 0.25) is 0 Å². The van der Waals surface area contributed by atoms with Gasteiger partial charge in [-0.3, -0.25) is 0 Å². The zero-order valence-electron chi connectivity index (χ0n) is 10.0. The molecule has 15 heavy (non-hydrogen) atoms. The molecule has 0 amide bonds. The molecule has 0 spiro atoms.